The highest BCUT2D eigenvalue weighted by Crippen LogP contribution is 2.34. The Morgan fingerprint density at radius 2 is 1.86 bits per heavy atom. The SMILES string of the molecule is Clc1ccccc1N1CC2CC(C1)O2. The van der Waals surface area contributed by atoms with Gasteiger partial charge in [-0.25, -0.2) is 0 Å². The number of benzene rings is 1. The monoisotopic (exact) mass is 209 g/mol. The van der Waals surface area contributed by atoms with Crippen LogP contribution < -0.4 is 4.90 Å². The molecule has 3 aliphatic heterocycles. The fraction of sp³-hybridized carbons (Fsp3) is 0.455. The van der Waals surface area contributed by atoms with Crippen LogP contribution in [0.25, 0.3) is 0 Å². The molecule has 0 amide bonds. The topological polar surface area (TPSA) is 12.5 Å². The number of para-hydroxylation sites is 1. The molecule has 3 heterocycles. The third-order valence-corrected chi connectivity index (χ3v) is 3.27. The average molecular weight is 210 g/mol. The Morgan fingerprint density at radius 1 is 1.21 bits per heavy atom. The van der Waals surface area contributed by atoms with Crippen molar-refractivity contribution >= 4 is 17.3 Å². The van der Waals surface area contributed by atoms with E-state index in [0.29, 0.717) is 12.2 Å². The molecule has 14 heavy (non-hydrogen) atoms. The minimum atomic E-state index is 0.435. The van der Waals surface area contributed by atoms with Gasteiger partial charge in [0, 0.05) is 19.5 Å². The van der Waals surface area contributed by atoms with Crippen molar-refractivity contribution in [3.05, 3.63) is 29.3 Å². The minimum absolute atomic E-state index is 0.435. The van der Waals surface area contributed by atoms with E-state index < -0.39 is 0 Å². The molecule has 1 aromatic carbocycles. The van der Waals surface area contributed by atoms with Gasteiger partial charge in [-0.05, 0) is 12.1 Å². The summed E-state index contributed by atoms with van der Waals surface area (Å²) in [5, 5.41) is 0.841. The van der Waals surface area contributed by atoms with Crippen molar-refractivity contribution in [3.8, 4) is 0 Å². The van der Waals surface area contributed by atoms with Crippen molar-refractivity contribution in [2.24, 2.45) is 0 Å². The zero-order valence-corrected chi connectivity index (χ0v) is 8.57. The molecule has 3 aliphatic rings. The molecule has 74 valence electrons. The van der Waals surface area contributed by atoms with Crippen LogP contribution in [0.5, 0.6) is 0 Å². The van der Waals surface area contributed by atoms with E-state index in [1.165, 1.54) is 6.42 Å². The van der Waals surface area contributed by atoms with E-state index in [4.69, 9.17) is 16.3 Å². The second kappa shape index (κ2) is 3.14. The van der Waals surface area contributed by atoms with E-state index >= 15 is 0 Å². The molecule has 0 aromatic heterocycles. The molecule has 2 nitrogen and oxygen atoms in total. The van der Waals surface area contributed by atoms with E-state index in [-0.39, 0.29) is 0 Å². The second-order valence-corrected chi connectivity index (χ2v) is 4.38. The molecular formula is C11H12ClNO. The molecule has 2 unspecified atom stereocenters. The van der Waals surface area contributed by atoms with Crippen molar-refractivity contribution < 1.29 is 4.74 Å². The summed E-state index contributed by atoms with van der Waals surface area (Å²) < 4.78 is 5.58. The Morgan fingerprint density at radius 3 is 2.50 bits per heavy atom. The normalized spacial score (nSPS) is 29.9. The zero-order chi connectivity index (χ0) is 9.54. The van der Waals surface area contributed by atoms with Gasteiger partial charge in [0.1, 0.15) is 0 Å². The van der Waals surface area contributed by atoms with Crippen LogP contribution >= 0.6 is 11.6 Å². The molecule has 0 spiro atoms. The number of ether oxygens (including phenoxy) is 1. The predicted octanol–water partition coefficient (Wildman–Crippen LogP) is 2.32. The van der Waals surface area contributed by atoms with Crippen LogP contribution in [0.1, 0.15) is 6.42 Å². The first kappa shape index (κ1) is 8.57. The van der Waals surface area contributed by atoms with Gasteiger partial charge in [-0.15, -0.1) is 0 Å². The highest BCUT2D eigenvalue weighted by molar-refractivity contribution is 6.33. The number of piperidine rings is 1. The molecule has 1 aromatic rings. The number of halogens is 1. The number of anilines is 1. The maximum absolute atomic E-state index is 6.14. The van der Waals surface area contributed by atoms with Crippen molar-refractivity contribution in [3.63, 3.8) is 0 Å². The average Bonchev–Trinajstić information content (AvgIpc) is 2.17. The molecule has 4 rings (SSSR count). The van der Waals surface area contributed by atoms with Crippen LogP contribution in [0.2, 0.25) is 5.02 Å². The van der Waals surface area contributed by atoms with Gasteiger partial charge in [-0.3, -0.25) is 0 Å². The summed E-state index contributed by atoms with van der Waals surface area (Å²) in [6.07, 6.45) is 2.09. The number of hydrogen-bond donors (Lipinski definition) is 0. The fourth-order valence-corrected chi connectivity index (χ4v) is 2.52. The summed E-state index contributed by atoms with van der Waals surface area (Å²) in [5.74, 6) is 0. The first-order valence-corrected chi connectivity index (χ1v) is 5.35. The van der Waals surface area contributed by atoms with Crippen LogP contribution in [0.3, 0.4) is 0 Å². The maximum atomic E-state index is 6.14. The summed E-state index contributed by atoms with van der Waals surface area (Å²) in [7, 11) is 0. The van der Waals surface area contributed by atoms with Gasteiger partial charge in [0.2, 0.25) is 0 Å². The van der Waals surface area contributed by atoms with E-state index in [1.807, 2.05) is 18.2 Å². The lowest BCUT2D eigenvalue weighted by Gasteiger charge is -2.48. The maximum Gasteiger partial charge on any atom is 0.0780 e. The lowest BCUT2D eigenvalue weighted by Crippen LogP contribution is -2.57. The van der Waals surface area contributed by atoms with Gasteiger partial charge in [-0.1, -0.05) is 23.7 Å². The number of rotatable bonds is 1. The third kappa shape index (κ3) is 1.30. The Balaban J connectivity index is 1.85. The quantitative estimate of drug-likeness (QED) is 0.704. The summed E-state index contributed by atoms with van der Waals surface area (Å²) in [4.78, 5) is 2.32. The fourth-order valence-electron chi connectivity index (χ4n) is 2.26. The third-order valence-electron chi connectivity index (χ3n) is 2.95. The molecule has 0 aliphatic carbocycles. The van der Waals surface area contributed by atoms with Crippen molar-refractivity contribution in [2.75, 3.05) is 18.0 Å². The van der Waals surface area contributed by atoms with Gasteiger partial charge in [0.15, 0.2) is 0 Å². The van der Waals surface area contributed by atoms with Crippen LogP contribution in [0.4, 0.5) is 5.69 Å². The Bertz CT molecular complexity index is 339. The molecule has 0 saturated carbocycles. The first-order chi connectivity index (χ1) is 6.83. The molecule has 0 N–H and O–H groups in total. The van der Waals surface area contributed by atoms with Crippen LogP contribution in [-0.4, -0.2) is 25.3 Å². The van der Waals surface area contributed by atoms with E-state index in [2.05, 4.69) is 11.0 Å². The first-order valence-electron chi connectivity index (χ1n) is 4.98. The smallest absolute Gasteiger partial charge is 0.0780 e. The minimum Gasteiger partial charge on any atom is -0.371 e. The van der Waals surface area contributed by atoms with E-state index in [9.17, 15) is 0 Å². The van der Waals surface area contributed by atoms with Crippen LogP contribution in [0, 0.1) is 0 Å². The number of morpholine rings is 1. The summed E-state index contributed by atoms with van der Waals surface area (Å²) >= 11 is 6.14. The van der Waals surface area contributed by atoms with E-state index in [0.717, 1.165) is 23.8 Å². The standard InChI is InChI=1S/C11H12ClNO/c12-10-3-1-2-4-11(10)13-6-8-5-9(7-13)14-8/h1-4,8-9H,5-7H2. The number of nitrogens with zero attached hydrogens (tertiary/aromatic N) is 1. The summed E-state index contributed by atoms with van der Waals surface area (Å²) in [6.45, 7) is 1.97. The predicted molar refractivity (Wildman–Crippen MR) is 56.9 cm³/mol. The Kier molecular flexibility index (Phi) is 1.92. The molecular weight excluding hydrogens is 198 g/mol. The van der Waals surface area contributed by atoms with Gasteiger partial charge >= 0.3 is 0 Å². The lowest BCUT2D eigenvalue weighted by molar-refractivity contribution is -0.133. The van der Waals surface area contributed by atoms with E-state index in [1.54, 1.807) is 0 Å². The van der Waals surface area contributed by atoms with Crippen molar-refractivity contribution in [1.82, 2.24) is 0 Å². The summed E-state index contributed by atoms with van der Waals surface area (Å²) in [6, 6.07) is 8.01. The summed E-state index contributed by atoms with van der Waals surface area (Å²) in [5.41, 5.74) is 1.15. The van der Waals surface area contributed by atoms with Crippen molar-refractivity contribution in [2.45, 2.75) is 18.6 Å². The molecule has 2 bridgehead atoms. The number of hydrogen-bond acceptors (Lipinski definition) is 2. The molecule has 3 fully saturated rings. The largest absolute Gasteiger partial charge is 0.371 e. The van der Waals surface area contributed by atoms with Gasteiger partial charge in [0.25, 0.3) is 0 Å². The number of fused-ring (bicyclic) bond motifs is 2. The van der Waals surface area contributed by atoms with Gasteiger partial charge in [0.05, 0.1) is 22.9 Å². The zero-order valence-electron chi connectivity index (χ0n) is 7.82. The molecule has 2 atom stereocenters. The van der Waals surface area contributed by atoms with Gasteiger partial charge < -0.3 is 9.64 Å². The highest BCUT2D eigenvalue weighted by atomic mass is 35.5. The molecule has 3 heteroatoms. The van der Waals surface area contributed by atoms with Crippen LogP contribution in [0.15, 0.2) is 24.3 Å². The molecule has 0 radical (unpaired) electrons. The van der Waals surface area contributed by atoms with Crippen LogP contribution in [-0.2, 0) is 4.74 Å². The highest BCUT2D eigenvalue weighted by Gasteiger charge is 2.38. The molecule has 3 saturated heterocycles. The van der Waals surface area contributed by atoms with Gasteiger partial charge in [-0.2, -0.15) is 0 Å². The second-order valence-electron chi connectivity index (χ2n) is 3.97. The Labute approximate surface area is 88.4 Å². The van der Waals surface area contributed by atoms with Crippen molar-refractivity contribution in [1.29, 1.82) is 0 Å². The Hall–Kier alpha value is -0.730. The lowest BCUT2D eigenvalue weighted by atomic mass is 9.98.